The molecule has 2 aromatic heterocycles. The van der Waals surface area contributed by atoms with E-state index in [0.717, 1.165) is 5.76 Å². The molecule has 2 heterocycles. The standard InChI is InChI=1S/C18H28N4O4S/c1-6-22(7-2)27(24,25)14-11-15(21(5)13-14)18(23)19-12-16(20(3)4)17-9-8-10-26-17/h8-11,13,16H,6-7,12H2,1-5H3,(H,19,23). The van der Waals surface area contributed by atoms with Crippen LogP contribution in [0.4, 0.5) is 0 Å². The zero-order valence-electron chi connectivity index (χ0n) is 16.5. The second-order valence-electron chi connectivity index (χ2n) is 6.47. The fourth-order valence-electron chi connectivity index (χ4n) is 2.91. The first kappa shape index (κ1) is 21.2. The van der Waals surface area contributed by atoms with Gasteiger partial charge in [0.2, 0.25) is 10.0 Å². The molecule has 27 heavy (non-hydrogen) atoms. The van der Waals surface area contributed by atoms with Gasteiger partial charge < -0.3 is 14.3 Å². The number of furan rings is 1. The quantitative estimate of drug-likeness (QED) is 0.697. The van der Waals surface area contributed by atoms with Crippen LogP contribution >= 0.6 is 0 Å². The van der Waals surface area contributed by atoms with Gasteiger partial charge in [-0.05, 0) is 32.3 Å². The van der Waals surface area contributed by atoms with Gasteiger partial charge in [-0.2, -0.15) is 4.31 Å². The van der Waals surface area contributed by atoms with Gasteiger partial charge in [-0.25, -0.2) is 8.42 Å². The molecule has 0 spiro atoms. The summed E-state index contributed by atoms with van der Waals surface area (Å²) in [6.07, 6.45) is 3.06. The number of rotatable bonds is 9. The lowest BCUT2D eigenvalue weighted by atomic mass is 10.2. The minimum absolute atomic E-state index is 0.119. The number of hydrogen-bond acceptors (Lipinski definition) is 5. The number of carbonyl (C=O) groups excluding carboxylic acids is 1. The van der Waals surface area contributed by atoms with Gasteiger partial charge in [-0.15, -0.1) is 0 Å². The predicted octanol–water partition coefficient (Wildman–Crippen LogP) is 1.68. The monoisotopic (exact) mass is 396 g/mol. The van der Waals surface area contributed by atoms with E-state index in [1.54, 1.807) is 33.2 Å². The molecule has 0 aliphatic carbocycles. The molecule has 9 heteroatoms. The Hall–Kier alpha value is -2.10. The van der Waals surface area contributed by atoms with E-state index in [-0.39, 0.29) is 22.5 Å². The summed E-state index contributed by atoms with van der Waals surface area (Å²) >= 11 is 0. The first-order valence-electron chi connectivity index (χ1n) is 8.86. The van der Waals surface area contributed by atoms with Crippen molar-refractivity contribution in [1.82, 2.24) is 19.1 Å². The molecule has 0 aliphatic heterocycles. The summed E-state index contributed by atoms with van der Waals surface area (Å²) in [5, 5.41) is 2.86. The van der Waals surface area contributed by atoms with Gasteiger partial charge >= 0.3 is 0 Å². The van der Waals surface area contributed by atoms with Crippen molar-refractivity contribution in [3.05, 3.63) is 42.1 Å². The van der Waals surface area contributed by atoms with Crippen LogP contribution in [0.25, 0.3) is 0 Å². The van der Waals surface area contributed by atoms with Crippen LogP contribution in [0, 0.1) is 0 Å². The second-order valence-corrected chi connectivity index (χ2v) is 8.40. The Balaban J connectivity index is 2.17. The largest absolute Gasteiger partial charge is 0.468 e. The zero-order valence-corrected chi connectivity index (χ0v) is 17.3. The maximum absolute atomic E-state index is 12.7. The Labute approximate surface area is 160 Å². The second kappa shape index (κ2) is 8.73. The third-order valence-corrected chi connectivity index (χ3v) is 6.52. The van der Waals surface area contributed by atoms with Crippen molar-refractivity contribution in [2.45, 2.75) is 24.8 Å². The molecule has 1 amide bonds. The van der Waals surface area contributed by atoms with Crippen molar-refractivity contribution in [1.29, 1.82) is 0 Å². The van der Waals surface area contributed by atoms with Crippen molar-refractivity contribution in [2.24, 2.45) is 7.05 Å². The van der Waals surface area contributed by atoms with E-state index in [1.165, 1.54) is 21.1 Å². The minimum atomic E-state index is -3.61. The molecule has 0 bridgehead atoms. The van der Waals surface area contributed by atoms with E-state index >= 15 is 0 Å². The molecule has 0 aliphatic rings. The summed E-state index contributed by atoms with van der Waals surface area (Å²) in [5.74, 6) is 0.411. The highest BCUT2D eigenvalue weighted by Gasteiger charge is 2.26. The molecule has 1 N–H and O–H groups in total. The third kappa shape index (κ3) is 4.60. The highest BCUT2D eigenvalue weighted by Crippen LogP contribution is 2.20. The summed E-state index contributed by atoms with van der Waals surface area (Å²) in [4.78, 5) is 14.7. The van der Waals surface area contributed by atoms with Crippen molar-refractivity contribution < 1.29 is 17.6 Å². The predicted molar refractivity (Wildman–Crippen MR) is 103 cm³/mol. The number of nitrogens with zero attached hydrogens (tertiary/aromatic N) is 3. The molecule has 0 fully saturated rings. The Morgan fingerprint density at radius 3 is 2.48 bits per heavy atom. The first-order valence-corrected chi connectivity index (χ1v) is 10.3. The topological polar surface area (TPSA) is 87.8 Å². The molecule has 2 aromatic rings. The van der Waals surface area contributed by atoms with E-state index in [1.807, 2.05) is 25.1 Å². The lowest BCUT2D eigenvalue weighted by Gasteiger charge is -2.22. The van der Waals surface area contributed by atoms with Crippen LogP contribution in [0.3, 0.4) is 0 Å². The van der Waals surface area contributed by atoms with Crippen molar-refractivity contribution in [2.75, 3.05) is 33.7 Å². The minimum Gasteiger partial charge on any atom is -0.468 e. The maximum Gasteiger partial charge on any atom is 0.268 e. The fraction of sp³-hybridized carbons (Fsp3) is 0.500. The molecule has 0 saturated heterocycles. The zero-order chi connectivity index (χ0) is 20.2. The van der Waals surface area contributed by atoms with Crippen molar-refractivity contribution in [3.63, 3.8) is 0 Å². The molecule has 0 saturated carbocycles. The molecule has 2 rings (SSSR count). The molecule has 1 unspecified atom stereocenters. The number of likely N-dealkylation sites (N-methyl/N-ethyl adjacent to an activating group) is 1. The highest BCUT2D eigenvalue weighted by molar-refractivity contribution is 7.89. The summed E-state index contributed by atoms with van der Waals surface area (Å²) < 4.78 is 33.6. The van der Waals surface area contributed by atoms with E-state index in [0.29, 0.717) is 19.6 Å². The van der Waals surface area contributed by atoms with Crippen LogP contribution in [0.15, 0.2) is 40.0 Å². The summed E-state index contributed by atoms with van der Waals surface area (Å²) in [5.41, 5.74) is 0.290. The summed E-state index contributed by atoms with van der Waals surface area (Å²) in [7, 11) is 1.85. The van der Waals surface area contributed by atoms with Crippen molar-refractivity contribution >= 4 is 15.9 Å². The SMILES string of the molecule is CCN(CC)S(=O)(=O)c1cc(C(=O)NCC(c2ccco2)N(C)C)n(C)c1. The van der Waals surface area contributed by atoms with Crippen LogP contribution in [-0.4, -0.2) is 61.8 Å². The average molecular weight is 397 g/mol. The lowest BCUT2D eigenvalue weighted by molar-refractivity contribution is 0.0931. The molecule has 8 nitrogen and oxygen atoms in total. The van der Waals surface area contributed by atoms with Gasteiger partial charge in [0.1, 0.15) is 16.3 Å². The van der Waals surface area contributed by atoms with Gasteiger partial charge in [-0.1, -0.05) is 13.8 Å². The summed E-state index contributed by atoms with van der Waals surface area (Å²) in [6, 6.07) is 4.95. The van der Waals surface area contributed by atoms with E-state index in [4.69, 9.17) is 4.42 Å². The van der Waals surface area contributed by atoms with Crippen molar-refractivity contribution in [3.8, 4) is 0 Å². The Kier molecular flexibility index (Phi) is 6.85. The molecular formula is C18H28N4O4S. The number of hydrogen-bond donors (Lipinski definition) is 1. The van der Waals surface area contributed by atoms with Gasteiger partial charge in [0.15, 0.2) is 0 Å². The Bertz CT molecular complexity index is 852. The van der Waals surface area contributed by atoms with E-state index in [9.17, 15) is 13.2 Å². The number of aryl methyl sites for hydroxylation is 1. The van der Waals surface area contributed by atoms with Crippen LogP contribution in [-0.2, 0) is 17.1 Å². The number of amides is 1. The lowest BCUT2D eigenvalue weighted by Crippen LogP contribution is -2.35. The van der Waals surface area contributed by atoms with Crippen LogP contribution in [0.2, 0.25) is 0 Å². The van der Waals surface area contributed by atoms with Gasteiger partial charge in [0.05, 0.1) is 12.3 Å². The molecular weight excluding hydrogens is 368 g/mol. The van der Waals surface area contributed by atoms with Gasteiger partial charge in [0, 0.05) is 32.9 Å². The average Bonchev–Trinajstić information content (AvgIpc) is 3.25. The van der Waals surface area contributed by atoms with Crippen LogP contribution < -0.4 is 5.32 Å². The summed E-state index contributed by atoms with van der Waals surface area (Å²) in [6.45, 7) is 4.66. The third-order valence-electron chi connectivity index (χ3n) is 4.51. The molecule has 150 valence electrons. The number of sulfonamides is 1. The Morgan fingerprint density at radius 2 is 1.96 bits per heavy atom. The first-order chi connectivity index (χ1) is 12.7. The van der Waals surface area contributed by atoms with Gasteiger partial charge in [-0.3, -0.25) is 9.69 Å². The number of carbonyl (C=O) groups is 1. The van der Waals surface area contributed by atoms with E-state index in [2.05, 4.69) is 5.32 Å². The molecule has 0 radical (unpaired) electrons. The van der Waals surface area contributed by atoms with Crippen LogP contribution in [0.5, 0.6) is 0 Å². The van der Waals surface area contributed by atoms with Crippen LogP contribution in [0.1, 0.15) is 36.1 Å². The normalized spacial score (nSPS) is 13.3. The Morgan fingerprint density at radius 1 is 1.30 bits per heavy atom. The highest BCUT2D eigenvalue weighted by atomic mass is 32.2. The van der Waals surface area contributed by atoms with E-state index < -0.39 is 10.0 Å². The molecule has 0 aromatic carbocycles. The number of aromatic nitrogens is 1. The molecule has 1 atom stereocenters. The number of nitrogens with one attached hydrogen (secondary N) is 1. The van der Waals surface area contributed by atoms with Gasteiger partial charge in [0.25, 0.3) is 5.91 Å². The maximum atomic E-state index is 12.7. The smallest absolute Gasteiger partial charge is 0.268 e. The fourth-order valence-corrected chi connectivity index (χ4v) is 4.44.